The van der Waals surface area contributed by atoms with Crippen molar-refractivity contribution < 1.29 is 53.9 Å². The molecule has 0 aliphatic heterocycles. The average molecular weight is 324 g/mol. The number of ether oxygens (including phenoxy) is 1. The van der Waals surface area contributed by atoms with E-state index in [0.717, 1.165) is 14.0 Å². The fourth-order valence-electron chi connectivity index (χ4n) is 0.547. The van der Waals surface area contributed by atoms with Gasteiger partial charge in [-0.3, -0.25) is 24.0 Å². The molecule has 0 radical (unpaired) electrons. The number of rotatable bonds is 6. The molecule has 0 bridgehead atoms. The number of carbonyl (C=O) groups excluding carboxylic acids is 3. The molecule has 0 saturated carbocycles. The molecule has 0 rings (SSSR count). The third-order valence-electron chi connectivity index (χ3n) is 1.37. The van der Waals surface area contributed by atoms with Crippen LogP contribution in [0.3, 0.4) is 0 Å². The molecule has 11 nitrogen and oxygen atoms in total. The molecule has 0 heterocycles. The summed E-state index contributed by atoms with van der Waals surface area (Å²) in [5.74, 6) is -7.06. The summed E-state index contributed by atoms with van der Waals surface area (Å²) in [5, 5.41) is 30.9. The molecule has 0 atom stereocenters. The molecule has 0 spiro atoms. The number of aliphatic hydroxyl groups excluding tert-OH is 1. The first-order valence-corrected chi connectivity index (χ1v) is 5.42. The lowest BCUT2D eigenvalue weighted by Crippen LogP contribution is -2.16. The molecule has 0 aliphatic rings. The van der Waals surface area contributed by atoms with Gasteiger partial charge in [0.1, 0.15) is 6.42 Å². The average Bonchev–Trinajstić information content (AvgIpc) is 2.38. The first-order chi connectivity index (χ1) is 10.1. The summed E-state index contributed by atoms with van der Waals surface area (Å²) < 4.78 is 3.99. The largest absolute Gasteiger partial charge is 0.481 e. The second kappa shape index (κ2) is 14.6. The van der Waals surface area contributed by atoms with Crippen LogP contribution in [0.2, 0.25) is 0 Å². The van der Waals surface area contributed by atoms with Crippen LogP contribution >= 0.6 is 0 Å². The quantitative estimate of drug-likeness (QED) is 0.257. The van der Waals surface area contributed by atoms with E-state index in [9.17, 15) is 28.8 Å². The van der Waals surface area contributed by atoms with Gasteiger partial charge in [-0.2, -0.15) is 0 Å². The van der Waals surface area contributed by atoms with Crippen LogP contribution in [0.4, 0.5) is 0 Å². The molecule has 11 heteroatoms. The van der Waals surface area contributed by atoms with Crippen LogP contribution in [0, 0.1) is 0 Å². The Hall–Kier alpha value is -2.82. The molecule has 0 aromatic heterocycles. The number of aliphatic carboxylic acids is 3. The van der Waals surface area contributed by atoms with E-state index in [0.29, 0.717) is 0 Å². The Labute approximate surface area is 124 Å². The van der Waals surface area contributed by atoms with Crippen LogP contribution in [0.25, 0.3) is 0 Å². The van der Waals surface area contributed by atoms with Crippen molar-refractivity contribution >= 4 is 35.6 Å². The van der Waals surface area contributed by atoms with Gasteiger partial charge >= 0.3 is 29.8 Å². The van der Waals surface area contributed by atoms with Crippen molar-refractivity contribution in [2.24, 2.45) is 0 Å². The number of aliphatic hydroxyl groups is 1. The van der Waals surface area contributed by atoms with Gasteiger partial charge in [0.05, 0.1) is 12.8 Å². The smallest absolute Gasteiger partial charge is 0.371 e. The van der Waals surface area contributed by atoms with Crippen LogP contribution in [0.1, 0.15) is 26.2 Å². The highest BCUT2D eigenvalue weighted by Crippen LogP contribution is 1.95. The van der Waals surface area contributed by atoms with E-state index >= 15 is 0 Å². The van der Waals surface area contributed by atoms with Crippen molar-refractivity contribution in [1.82, 2.24) is 0 Å². The molecule has 22 heavy (non-hydrogen) atoms. The van der Waals surface area contributed by atoms with E-state index in [1.807, 2.05) is 0 Å². The van der Waals surface area contributed by atoms with Crippen molar-refractivity contribution in [3.63, 3.8) is 0 Å². The fraction of sp³-hybridized carbons (Fsp3) is 0.455. The first-order valence-electron chi connectivity index (χ1n) is 5.42. The zero-order valence-electron chi connectivity index (χ0n) is 11.8. The topological polar surface area (TPSA) is 193 Å². The minimum atomic E-state index is -1.42. The minimum Gasteiger partial charge on any atom is -0.481 e. The molecule has 0 saturated heterocycles. The Morgan fingerprint density at radius 3 is 1.45 bits per heavy atom. The number of hydrogen-bond acceptors (Lipinski definition) is 8. The van der Waals surface area contributed by atoms with Crippen LogP contribution in [0.15, 0.2) is 0 Å². The van der Waals surface area contributed by atoms with Crippen molar-refractivity contribution in [3.05, 3.63) is 0 Å². The van der Waals surface area contributed by atoms with E-state index in [1.165, 1.54) is 0 Å². The molecule has 0 fully saturated rings. The Morgan fingerprint density at radius 2 is 1.18 bits per heavy atom. The number of esters is 2. The van der Waals surface area contributed by atoms with Gasteiger partial charge in [-0.1, -0.05) is 0 Å². The number of carboxylic acid groups (broad SMARTS) is 3. The van der Waals surface area contributed by atoms with E-state index in [-0.39, 0.29) is 0 Å². The highest BCUT2D eigenvalue weighted by atomic mass is 16.6. The maximum atomic E-state index is 10.6. The third kappa shape index (κ3) is 22.4. The summed E-state index contributed by atoms with van der Waals surface area (Å²) in [7, 11) is 1.00. The fourth-order valence-corrected chi connectivity index (χ4v) is 0.547. The SMILES string of the molecule is CC(=O)C(=O)O.CO.O=C(O)CCC(=O)OC(=O)CC(=O)O. The summed E-state index contributed by atoms with van der Waals surface area (Å²) in [6.07, 6.45) is -1.83. The van der Waals surface area contributed by atoms with Crippen molar-refractivity contribution in [2.45, 2.75) is 26.2 Å². The molecular formula is C11H16O11. The monoisotopic (exact) mass is 324 g/mol. The van der Waals surface area contributed by atoms with Gasteiger partial charge in [-0.15, -0.1) is 0 Å². The third-order valence-corrected chi connectivity index (χ3v) is 1.37. The molecule has 0 aromatic rings. The van der Waals surface area contributed by atoms with E-state index in [1.54, 1.807) is 0 Å². The molecule has 0 aromatic carbocycles. The Kier molecular flexibility index (Phi) is 16.1. The van der Waals surface area contributed by atoms with E-state index in [2.05, 4.69) is 4.74 Å². The highest BCUT2D eigenvalue weighted by molar-refractivity contribution is 6.31. The molecule has 4 N–H and O–H groups in total. The van der Waals surface area contributed by atoms with Crippen LogP contribution < -0.4 is 0 Å². The van der Waals surface area contributed by atoms with Gasteiger partial charge in [0.2, 0.25) is 5.78 Å². The zero-order chi connectivity index (χ0) is 18.3. The van der Waals surface area contributed by atoms with E-state index in [4.69, 9.17) is 20.4 Å². The summed E-state index contributed by atoms with van der Waals surface area (Å²) >= 11 is 0. The molecule has 0 amide bonds. The lowest BCUT2D eigenvalue weighted by molar-refractivity contribution is -0.163. The van der Waals surface area contributed by atoms with Gasteiger partial charge in [0.15, 0.2) is 0 Å². The summed E-state index contributed by atoms with van der Waals surface area (Å²) in [5.41, 5.74) is 0. The molecule has 0 unspecified atom stereocenters. The summed E-state index contributed by atoms with van der Waals surface area (Å²) in [6.45, 7) is 1.00. The standard InChI is InChI=1S/C7H8O7.C3H4O3.CH4O/c8-4(9)1-2-6(12)14-7(13)3-5(10)11;1-2(4)3(5)6;1-2/h1-3H2,(H,8,9)(H,10,11);1H3,(H,5,6);2H,1H3. The van der Waals surface area contributed by atoms with E-state index < -0.39 is 54.9 Å². The van der Waals surface area contributed by atoms with Crippen molar-refractivity contribution in [3.8, 4) is 0 Å². The highest BCUT2D eigenvalue weighted by Gasteiger charge is 2.14. The maximum absolute atomic E-state index is 10.6. The number of hydrogen-bond donors (Lipinski definition) is 4. The van der Waals surface area contributed by atoms with Gasteiger partial charge in [0.25, 0.3) is 0 Å². The second-order valence-corrected chi connectivity index (χ2v) is 3.17. The minimum absolute atomic E-state index is 0.458. The maximum Gasteiger partial charge on any atom is 0.371 e. The van der Waals surface area contributed by atoms with Crippen molar-refractivity contribution in [2.75, 3.05) is 7.11 Å². The van der Waals surface area contributed by atoms with Gasteiger partial charge in [-0.25, -0.2) is 4.79 Å². The van der Waals surface area contributed by atoms with Gasteiger partial charge in [0, 0.05) is 14.0 Å². The first kappa shape index (κ1) is 24.2. The van der Waals surface area contributed by atoms with Crippen LogP contribution in [-0.4, -0.2) is 63.2 Å². The molecule has 126 valence electrons. The van der Waals surface area contributed by atoms with Crippen molar-refractivity contribution in [1.29, 1.82) is 0 Å². The lowest BCUT2D eigenvalue weighted by Gasteiger charge is -1.98. The predicted molar refractivity (Wildman–Crippen MR) is 66.7 cm³/mol. The number of ketones is 1. The number of Topliss-reactive ketones (excluding diaryl/α,β-unsaturated/α-hetero) is 1. The second-order valence-electron chi connectivity index (χ2n) is 3.17. The normalized spacial score (nSPS) is 8.14. The summed E-state index contributed by atoms with van der Waals surface area (Å²) in [6, 6.07) is 0. The zero-order valence-corrected chi connectivity index (χ0v) is 11.8. The Morgan fingerprint density at radius 1 is 0.773 bits per heavy atom. The molecular weight excluding hydrogens is 308 g/mol. The Balaban J connectivity index is -0.000000378. The van der Waals surface area contributed by atoms with Crippen LogP contribution in [0.5, 0.6) is 0 Å². The molecule has 0 aliphatic carbocycles. The van der Waals surface area contributed by atoms with Gasteiger partial charge in [-0.05, 0) is 0 Å². The number of carboxylic acids is 3. The van der Waals surface area contributed by atoms with Gasteiger partial charge < -0.3 is 25.2 Å². The predicted octanol–water partition coefficient (Wildman–Crippen LogP) is -1.34. The Bertz CT molecular complexity index is 412. The van der Waals surface area contributed by atoms with Crippen LogP contribution in [-0.2, 0) is 33.5 Å². The number of carbonyl (C=O) groups is 6. The summed E-state index contributed by atoms with van der Waals surface area (Å²) in [4.78, 5) is 60.0. The lowest BCUT2D eigenvalue weighted by atomic mass is 10.3.